The summed E-state index contributed by atoms with van der Waals surface area (Å²) in [7, 11) is 0. The summed E-state index contributed by atoms with van der Waals surface area (Å²) in [6, 6.07) is 2.32. The third kappa shape index (κ3) is 4.69. The number of rotatable bonds is 9. The Balaban J connectivity index is 2.55. The van der Waals surface area contributed by atoms with Gasteiger partial charge in [-0.3, -0.25) is 9.88 Å². The number of nitriles is 1. The van der Waals surface area contributed by atoms with Crippen molar-refractivity contribution in [2.75, 3.05) is 12.3 Å². The lowest BCUT2D eigenvalue weighted by atomic mass is 10.0. The summed E-state index contributed by atoms with van der Waals surface area (Å²) < 4.78 is 1.65. The van der Waals surface area contributed by atoms with Crippen LogP contribution >= 0.6 is 11.8 Å². The third-order valence-corrected chi connectivity index (χ3v) is 3.99. The molecule has 6 nitrogen and oxygen atoms in total. The Morgan fingerprint density at radius 2 is 2.25 bits per heavy atom. The fraction of sp³-hybridized carbons (Fsp3) is 0.769. The zero-order valence-electron chi connectivity index (χ0n) is 12.4. The van der Waals surface area contributed by atoms with Gasteiger partial charge in [0.25, 0.3) is 0 Å². The van der Waals surface area contributed by atoms with Crippen LogP contribution in [0.25, 0.3) is 0 Å². The van der Waals surface area contributed by atoms with Crippen molar-refractivity contribution in [3.63, 3.8) is 0 Å². The normalized spacial score (nSPS) is 13.9. The van der Waals surface area contributed by atoms with Crippen LogP contribution in [0.5, 0.6) is 0 Å². The lowest BCUT2D eigenvalue weighted by Crippen LogP contribution is -2.41. The molecule has 0 aliphatic carbocycles. The van der Waals surface area contributed by atoms with Gasteiger partial charge >= 0.3 is 5.69 Å². The summed E-state index contributed by atoms with van der Waals surface area (Å²) in [5.74, 6) is 0.745. The summed E-state index contributed by atoms with van der Waals surface area (Å²) >= 11 is 1.51. The molecule has 20 heavy (non-hydrogen) atoms. The monoisotopic (exact) mass is 297 g/mol. The molecular formula is C13H23N5OS. The first-order valence-corrected chi connectivity index (χ1v) is 7.99. The van der Waals surface area contributed by atoms with Crippen molar-refractivity contribution in [3.05, 3.63) is 10.5 Å². The average molecular weight is 297 g/mol. The zero-order chi connectivity index (χ0) is 15.0. The van der Waals surface area contributed by atoms with Crippen LogP contribution in [0.3, 0.4) is 0 Å². The minimum atomic E-state index is -0.519. The lowest BCUT2D eigenvalue weighted by molar-refractivity contribution is 0.437. The summed E-state index contributed by atoms with van der Waals surface area (Å²) in [5, 5.41) is 19.7. The molecule has 0 amide bonds. The van der Waals surface area contributed by atoms with E-state index in [9.17, 15) is 10.1 Å². The van der Waals surface area contributed by atoms with Gasteiger partial charge in [-0.1, -0.05) is 25.6 Å². The van der Waals surface area contributed by atoms with Gasteiger partial charge in [0.2, 0.25) is 0 Å². The average Bonchev–Trinajstić information content (AvgIpc) is 2.79. The van der Waals surface area contributed by atoms with E-state index in [-0.39, 0.29) is 5.69 Å². The van der Waals surface area contributed by atoms with E-state index in [1.165, 1.54) is 11.8 Å². The molecule has 0 aliphatic rings. The van der Waals surface area contributed by atoms with Crippen molar-refractivity contribution in [2.45, 2.75) is 57.3 Å². The Hall–Kier alpha value is -1.26. The molecule has 0 bridgehead atoms. The summed E-state index contributed by atoms with van der Waals surface area (Å²) in [6.07, 6.45) is 2.60. The molecule has 0 saturated heterocycles. The number of H-pyrrole nitrogens is 1. The van der Waals surface area contributed by atoms with Gasteiger partial charge in [-0.05, 0) is 32.7 Å². The van der Waals surface area contributed by atoms with Crippen molar-refractivity contribution >= 4 is 11.8 Å². The highest BCUT2D eigenvalue weighted by molar-refractivity contribution is 7.99. The molecule has 1 rings (SSSR count). The van der Waals surface area contributed by atoms with E-state index in [2.05, 4.69) is 28.5 Å². The van der Waals surface area contributed by atoms with E-state index in [1.807, 2.05) is 13.8 Å². The molecule has 1 heterocycles. The minimum Gasteiger partial charge on any atom is -0.300 e. The van der Waals surface area contributed by atoms with E-state index in [4.69, 9.17) is 0 Å². The number of aromatic amines is 1. The van der Waals surface area contributed by atoms with Gasteiger partial charge in [0.1, 0.15) is 5.54 Å². The molecule has 0 fully saturated rings. The Labute approximate surface area is 123 Å². The summed E-state index contributed by atoms with van der Waals surface area (Å²) in [4.78, 5) is 11.6. The second-order valence-electron chi connectivity index (χ2n) is 4.93. The zero-order valence-corrected chi connectivity index (χ0v) is 13.2. The Kier molecular flexibility index (Phi) is 6.82. The van der Waals surface area contributed by atoms with Crippen LogP contribution in [-0.2, 0) is 6.54 Å². The van der Waals surface area contributed by atoms with E-state index < -0.39 is 5.54 Å². The standard InChI is InChI=1S/C13H23N5OS/c1-4-7-15-13(3,10-14)6-9-20-12-17-16-11(19)18(12)8-5-2/h15H,4-9H2,1-3H3,(H,16,19). The Bertz CT molecular complexity index is 504. The van der Waals surface area contributed by atoms with E-state index in [0.717, 1.165) is 25.1 Å². The fourth-order valence-electron chi connectivity index (χ4n) is 1.77. The molecule has 112 valence electrons. The van der Waals surface area contributed by atoms with Crippen molar-refractivity contribution in [2.24, 2.45) is 0 Å². The number of aromatic nitrogens is 3. The lowest BCUT2D eigenvalue weighted by Gasteiger charge is -2.22. The van der Waals surface area contributed by atoms with Crippen LogP contribution in [0, 0.1) is 11.3 Å². The second kappa shape index (κ2) is 8.12. The highest BCUT2D eigenvalue weighted by Gasteiger charge is 2.22. The second-order valence-corrected chi connectivity index (χ2v) is 5.99. The SMILES string of the molecule is CCCNC(C)(C#N)CCSc1n[nH]c(=O)n1CCC. The molecule has 0 aliphatic heterocycles. The van der Waals surface area contributed by atoms with Gasteiger partial charge < -0.3 is 0 Å². The summed E-state index contributed by atoms with van der Waals surface area (Å²) in [6.45, 7) is 7.51. The first-order valence-electron chi connectivity index (χ1n) is 7.00. The van der Waals surface area contributed by atoms with E-state index in [1.54, 1.807) is 4.57 Å². The molecular weight excluding hydrogens is 274 g/mol. The van der Waals surface area contributed by atoms with Gasteiger partial charge in [-0.15, -0.1) is 5.10 Å². The van der Waals surface area contributed by atoms with Gasteiger partial charge in [0, 0.05) is 12.3 Å². The number of nitrogens with zero attached hydrogens (tertiary/aromatic N) is 3. The first-order chi connectivity index (χ1) is 9.56. The Morgan fingerprint density at radius 1 is 1.50 bits per heavy atom. The highest BCUT2D eigenvalue weighted by Crippen LogP contribution is 2.19. The number of hydrogen-bond donors (Lipinski definition) is 2. The maximum atomic E-state index is 11.6. The van der Waals surface area contributed by atoms with Crippen LogP contribution in [0.15, 0.2) is 9.95 Å². The molecule has 1 aromatic heterocycles. The predicted octanol–water partition coefficient (Wildman–Crippen LogP) is 1.75. The Morgan fingerprint density at radius 3 is 2.85 bits per heavy atom. The van der Waals surface area contributed by atoms with Crippen molar-refractivity contribution in [1.82, 2.24) is 20.1 Å². The predicted molar refractivity (Wildman–Crippen MR) is 80.8 cm³/mol. The maximum Gasteiger partial charge on any atom is 0.343 e. The minimum absolute atomic E-state index is 0.165. The number of hydrogen-bond acceptors (Lipinski definition) is 5. The molecule has 0 saturated carbocycles. The van der Waals surface area contributed by atoms with Gasteiger partial charge in [-0.2, -0.15) is 5.26 Å². The third-order valence-electron chi connectivity index (χ3n) is 3.02. The molecule has 0 spiro atoms. The van der Waals surface area contributed by atoms with Gasteiger partial charge in [-0.25, -0.2) is 9.89 Å². The molecule has 1 aromatic rings. The molecule has 0 aromatic carbocycles. The van der Waals surface area contributed by atoms with Crippen LogP contribution in [0.1, 0.15) is 40.0 Å². The van der Waals surface area contributed by atoms with Crippen molar-refractivity contribution in [1.29, 1.82) is 5.26 Å². The van der Waals surface area contributed by atoms with Crippen molar-refractivity contribution in [3.8, 4) is 6.07 Å². The van der Waals surface area contributed by atoms with Crippen molar-refractivity contribution < 1.29 is 0 Å². The largest absolute Gasteiger partial charge is 0.343 e. The van der Waals surface area contributed by atoms with Crippen LogP contribution < -0.4 is 11.0 Å². The fourth-order valence-corrected chi connectivity index (χ4v) is 2.90. The highest BCUT2D eigenvalue weighted by atomic mass is 32.2. The maximum absolute atomic E-state index is 11.6. The first kappa shape index (κ1) is 16.8. The summed E-state index contributed by atoms with van der Waals surface area (Å²) in [5.41, 5.74) is -0.684. The van der Waals surface area contributed by atoms with Crippen LogP contribution in [0.4, 0.5) is 0 Å². The molecule has 2 N–H and O–H groups in total. The molecule has 1 unspecified atom stereocenters. The molecule has 0 radical (unpaired) electrons. The topological polar surface area (TPSA) is 86.5 Å². The molecule has 7 heteroatoms. The van der Waals surface area contributed by atoms with Gasteiger partial charge in [0.15, 0.2) is 5.16 Å². The van der Waals surface area contributed by atoms with E-state index in [0.29, 0.717) is 18.1 Å². The smallest absolute Gasteiger partial charge is 0.300 e. The van der Waals surface area contributed by atoms with Gasteiger partial charge in [0.05, 0.1) is 6.07 Å². The molecule has 1 atom stereocenters. The number of thioether (sulfide) groups is 1. The number of nitrogens with one attached hydrogen (secondary N) is 2. The van der Waals surface area contributed by atoms with Crippen LogP contribution in [-0.4, -0.2) is 32.6 Å². The quantitative estimate of drug-likeness (QED) is 0.678. The van der Waals surface area contributed by atoms with Crippen LogP contribution in [0.2, 0.25) is 0 Å². The van der Waals surface area contributed by atoms with E-state index >= 15 is 0 Å².